The summed E-state index contributed by atoms with van der Waals surface area (Å²) in [4.78, 5) is 19.2. The molecule has 0 N–H and O–H groups in total. The molecule has 1 heterocycles. The quantitative estimate of drug-likeness (QED) is 0.550. The van der Waals surface area contributed by atoms with E-state index in [0.717, 1.165) is 12.2 Å². The van der Waals surface area contributed by atoms with Gasteiger partial charge in [0.05, 0.1) is 17.7 Å². The Balaban J connectivity index is 1.65. The van der Waals surface area contributed by atoms with Crippen LogP contribution in [0.25, 0.3) is 11.5 Å². The molecule has 0 aliphatic carbocycles. The van der Waals surface area contributed by atoms with Gasteiger partial charge in [0.2, 0.25) is 0 Å². The Hall–Kier alpha value is -3.15. The maximum absolute atomic E-state index is 13.0. The Morgan fingerprint density at radius 1 is 1.07 bits per heavy atom. The van der Waals surface area contributed by atoms with E-state index in [1.807, 2.05) is 69.3 Å². The van der Waals surface area contributed by atoms with Gasteiger partial charge in [-0.2, -0.15) is 4.98 Å². The molecule has 0 saturated carbocycles. The molecule has 0 spiro atoms. The number of benzene rings is 2. The second-order valence-corrected chi connectivity index (χ2v) is 7.96. The minimum absolute atomic E-state index is 0.0872. The van der Waals surface area contributed by atoms with Crippen LogP contribution in [-0.2, 0) is 5.41 Å². The molecule has 6 nitrogen and oxygen atoms in total. The van der Waals surface area contributed by atoms with Gasteiger partial charge in [-0.3, -0.25) is 4.79 Å². The van der Waals surface area contributed by atoms with Crippen molar-refractivity contribution in [2.45, 2.75) is 32.6 Å². The number of nitrogens with zero attached hydrogens (tertiary/aromatic N) is 3. The molecule has 0 saturated heterocycles. The Kier molecular flexibility index (Phi) is 6.32. The number of ether oxygens (including phenoxy) is 1. The Morgan fingerprint density at radius 2 is 1.76 bits per heavy atom. The SMILES string of the molecule is CN(CCCOc1ccccc1)C(=O)c1ccccc1-c1nc(C(C)(C)C)no1. The van der Waals surface area contributed by atoms with Gasteiger partial charge in [0.1, 0.15) is 5.75 Å². The van der Waals surface area contributed by atoms with Crippen molar-refractivity contribution in [1.82, 2.24) is 15.0 Å². The smallest absolute Gasteiger partial charge is 0.258 e. The highest BCUT2D eigenvalue weighted by Crippen LogP contribution is 2.26. The van der Waals surface area contributed by atoms with Crippen LogP contribution in [0.3, 0.4) is 0 Å². The van der Waals surface area contributed by atoms with E-state index in [0.29, 0.717) is 36.0 Å². The molecular weight excluding hydrogens is 366 g/mol. The number of hydrogen-bond acceptors (Lipinski definition) is 5. The molecule has 152 valence electrons. The molecule has 0 aliphatic rings. The normalized spacial score (nSPS) is 11.3. The molecule has 0 fully saturated rings. The van der Waals surface area contributed by atoms with Gasteiger partial charge in [-0.15, -0.1) is 0 Å². The van der Waals surface area contributed by atoms with E-state index in [9.17, 15) is 4.79 Å². The van der Waals surface area contributed by atoms with E-state index in [2.05, 4.69) is 10.1 Å². The topological polar surface area (TPSA) is 68.5 Å². The van der Waals surface area contributed by atoms with Crippen LogP contribution in [0, 0.1) is 0 Å². The Bertz CT molecular complexity index is 945. The highest BCUT2D eigenvalue weighted by atomic mass is 16.5. The fourth-order valence-corrected chi connectivity index (χ4v) is 2.81. The first-order valence-corrected chi connectivity index (χ1v) is 9.73. The van der Waals surface area contributed by atoms with E-state index in [1.165, 1.54) is 0 Å². The number of aromatic nitrogens is 2. The molecule has 3 rings (SSSR count). The maximum Gasteiger partial charge on any atom is 0.258 e. The summed E-state index contributed by atoms with van der Waals surface area (Å²) in [5.41, 5.74) is 0.965. The summed E-state index contributed by atoms with van der Waals surface area (Å²) in [6.45, 7) is 7.18. The first-order valence-electron chi connectivity index (χ1n) is 9.73. The Morgan fingerprint density at radius 3 is 2.45 bits per heavy atom. The summed E-state index contributed by atoms with van der Waals surface area (Å²) >= 11 is 0. The molecule has 3 aromatic rings. The molecule has 0 unspecified atom stereocenters. The summed E-state index contributed by atoms with van der Waals surface area (Å²) in [7, 11) is 1.79. The summed E-state index contributed by atoms with van der Waals surface area (Å²) in [5, 5.41) is 4.07. The van der Waals surface area contributed by atoms with E-state index in [1.54, 1.807) is 18.0 Å². The molecule has 0 bridgehead atoms. The number of amides is 1. The van der Waals surface area contributed by atoms with Crippen molar-refractivity contribution in [2.75, 3.05) is 20.2 Å². The lowest BCUT2D eigenvalue weighted by Gasteiger charge is -2.18. The fraction of sp³-hybridized carbons (Fsp3) is 0.348. The number of carbonyl (C=O) groups excluding carboxylic acids is 1. The van der Waals surface area contributed by atoms with Crippen molar-refractivity contribution >= 4 is 5.91 Å². The minimum Gasteiger partial charge on any atom is -0.494 e. The van der Waals surface area contributed by atoms with Gasteiger partial charge in [0, 0.05) is 19.0 Å². The van der Waals surface area contributed by atoms with Gasteiger partial charge < -0.3 is 14.2 Å². The molecule has 1 amide bonds. The maximum atomic E-state index is 13.0. The summed E-state index contributed by atoms with van der Waals surface area (Å²) in [6, 6.07) is 17.0. The molecule has 0 radical (unpaired) electrons. The summed E-state index contributed by atoms with van der Waals surface area (Å²) in [5.74, 6) is 1.72. The van der Waals surface area contributed by atoms with Gasteiger partial charge in [0.25, 0.3) is 11.8 Å². The van der Waals surface area contributed by atoms with Crippen LogP contribution >= 0.6 is 0 Å². The zero-order valence-electron chi connectivity index (χ0n) is 17.4. The molecule has 29 heavy (non-hydrogen) atoms. The number of para-hydroxylation sites is 1. The molecule has 2 aromatic carbocycles. The lowest BCUT2D eigenvalue weighted by molar-refractivity contribution is 0.0788. The highest BCUT2D eigenvalue weighted by Gasteiger charge is 2.24. The third-order valence-electron chi connectivity index (χ3n) is 4.48. The van der Waals surface area contributed by atoms with E-state index in [-0.39, 0.29) is 11.3 Å². The average Bonchev–Trinajstić information content (AvgIpc) is 3.22. The second kappa shape index (κ2) is 8.90. The lowest BCUT2D eigenvalue weighted by atomic mass is 9.96. The molecule has 1 aromatic heterocycles. The van der Waals surface area contributed by atoms with Crippen molar-refractivity contribution < 1.29 is 14.1 Å². The van der Waals surface area contributed by atoms with Crippen LogP contribution in [0.5, 0.6) is 5.75 Å². The zero-order valence-corrected chi connectivity index (χ0v) is 17.4. The molecular formula is C23H27N3O3. The Labute approximate surface area is 171 Å². The monoisotopic (exact) mass is 393 g/mol. The van der Waals surface area contributed by atoms with Gasteiger partial charge in [-0.05, 0) is 30.7 Å². The van der Waals surface area contributed by atoms with Gasteiger partial charge in [0.15, 0.2) is 5.82 Å². The minimum atomic E-state index is -0.226. The summed E-state index contributed by atoms with van der Waals surface area (Å²) < 4.78 is 11.1. The van der Waals surface area contributed by atoms with Crippen LogP contribution < -0.4 is 4.74 Å². The predicted octanol–water partition coefficient (Wildman–Crippen LogP) is 4.58. The van der Waals surface area contributed by atoms with Crippen molar-refractivity contribution in [3.8, 4) is 17.2 Å². The van der Waals surface area contributed by atoms with Crippen molar-refractivity contribution in [3.63, 3.8) is 0 Å². The lowest BCUT2D eigenvalue weighted by Crippen LogP contribution is -2.29. The molecule has 6 heteroatoms. The number of carbonyl (C=O) groups is 1. The third-order valence-corrected chi connectivity index (χ3v) is 4.48. The van der Waals surface area contributed by atoms with E-state index >= 15 is 0 Å². The van der Waals surface area contributed by atoms with Crippen LogP contribution in [0.15, 0.2) is 59.1 Å². The van der Waals surface area contributed by atoms with Gasteiger partial charge in [-0.1, -0.05) is 56.3 Å². The largest absolute Gasteiger partial charge is 0.494 e. The van der Waals surface area contributed by atoms with Crippen molar-refractivity contribution in [2.24, 2.45) is 0 Å². The predicted molar refractivity (Wildman–Crippen MR) is 112 cm³/mol. The summed E-state index contributed by atoms with van der Waals surface area (Å²) in [6.07, 6.45) is 0.730. The third kappa shape index (κ3) is 5.22. The molecule has 0 aliphatic heterocycles. The standard InChI is InChI=1S/C23H27N3O3/c1-23(2,3)22-24-20(29-25-22)18-13-8-9-14-19(18)21(27)26(4)15-10-16-28-17-11-6-5-7-12-17/h5-9,11-14H,10,15-16H2,1-4H3. The molecule has 0 atom stereocenters. The van der Waals surface area contributed by atoms with Crippen LogP contribution in [0.2, 0.25) is 0 Å². The number of rotatable bonds is 7. The first kappa shape index (κ1) is 20.6. The second-order valence-electron chi connectivity index (χ2n) is 7.96. The van der Waals surface area contributed by atoms with Crippen molar-refractivity contribution in [3.05, 3.63) is 66.0 Å². The van der Waals surface area contributed by atoms with Crippen LogP contribution in [-0.4, -0.2) is 41.1 Å². The number of hydrogen-bond donors (Lipinski definition) is 0. The van der Waals surface area contributed by atoms with Gasteiger partial charge in [-0.25, -0.2) is 0 Å². The zero-order chi connectivity index (χ0) is 20.9. The fourth-order valence-electron chi connectivity index (χ4n) is 2.81. The van der Waals surface area contributed by atoms with Crippen LogP contribution in [0.4, 0.5) is 0 Å². The van der Waals surface area contributed by atoms with E-state index < -0.39 is 0 Å². The first-order chi connectivity index (χ1) is 13.9. The van der Waals surface area contributed by atoms with E-state index in [4.69, 9.17) is 9.26 Å². The van der Waals surface area contributed by atoms with Crippen molar-refractivity contribution in [1.29, 1.82) is 0 Å². The van der Waals surface area contributed by atoms with Gasteiger partial charge >= 0.3 is 0 Å². The van der Waals surface area contributed by atoms with Crippen LogP contribution in [0.1, 0.15) is 43.4 Å². The highest BCUT2D eigenvalue weighted by molar-refractivity contribution is 5.99. The average molecular weight is 393 g/mol.